The van der Waals surface area contributed by atoms with Crippen molar-refractivity contribution in [3.05, 3.63) is 60.7 Å². The lowest BCUT2D eigenvalue weighted by Gasteiger charge is -2.44. The SMILES string of the molecule is C[C@@H](C[C@H]1O[C@@H]1CO)O[Si](c1ccccc1)(c1ccccc1)C(C)(C)C. The number of aliphatic hydroxyl groups excluding tert-OH is 1. The molecule has 3 rings (SSSR count). The lowest BCUT2D eigenvalue weighted by atomic mass is 10.2. The highest BCUT2D eigenvalue weighted by atomic mass is 28.4. The summed E-state index contributed by atoms with van der Waals surface area (Å²) < 4.78 is 12.5. The van der Waals surface area contributed by atoms with E-state index in [-0.39, 0.29) is 30.0 Å². The van der Waals surface area contributed by atoms with Crippen LogP contribution in [0.3, 0.4) is 0 Å². The minimum Gasteiger partial charge on any atom is -0.405 e. The van der Waals surface area contributed by atoms with E-state index < -0.39 is 8.32 Å². The first-order valence-corrected chi connectivity index (χ1v) is 11.3. The van der Waals surface area contributed by atoms with Crippen LogP contribution in [0, 0.1) is 0 Å². The zero-order chi connectivity index (χ0) is 18.8. The molecule has 0 aromatic heterocycles. The summed E-state index contributed by atoms with van der Waals surface area (Å²) in [5.41, 5.74) is 0. The summed E-state index contributed by atoms with van der Waals surface area (Å²) in [6.45, 7) is 9.09. The predicted molar refractivity (Wildman–Crippen MR) is 109 cm³/mol. The van der Waals surface area contributed by atoms with Gasteiger partial charge in [-0.25, -0.2) is 0 Å². The van der Waals surface area contributed by atoms with E-state index in [0.717, 1.165) is 6.42 Å². The number of ether oxygens (including phenoxy) is 1. The summed E-state index contributed by atoms with van der Waals surface area (Å²) in [5, 5.41) is 11.8. The van der Waals surface area contributed by atoms with Gasteiger partial charge in [0.05, 0.1) is 12.7 Å². The van der Waals surface area contributed by atoms with Crippen LogP contribution in [0.2, 0.25) is 5.04 Å². The van der Waals surface area contributed by atoms with Gasteiger partial charge in [0.15, 0.2) is 0 Å². The maximum Gasteiger partial charge on any atom is 0.261 e. The monoisotopic (exact) mass is 370 g/mol. The smallest absolute Gasteiger partial charge is 0.261 e. The van der Waals surface area contributed by atoms with Crippen LogP contribution in [-0.4, -0.2) is 38.3 Å². The van der Waals surface area contributed by atoms with Gasteiger partial charge in [-0.05, 0) is 22.3 Å². The third-order valence-electron chi connectivity index (χ3n) is 5.23. The first-order valence-electron chi connectivity index (χ1n) is 9.43. The minimum atomic E-state index is -2.50. The number of rotatable bonds is 7. The molecule has 0 bridgehead atoms. The topological polar surface area (TPSA) is 42.0 Å². The summed E-state index contributed by atoms with van der Waals surface area (Å²) in [6, 6.07) is 21.4. The van der Waals surface area contributed by atoms with Gasteiger partial charge in [0.1, 0.15) is 6.10 Å². The highest BCUT2D eigenvalue weighted by molar-refractivity contribution is 6.99. The maximum absolute atomic E-state index is 9.25. The fourth-order valence-electron chi connectivity index (χ4n) is 3.92. The van der Waals surface area contributed by atoms with Crippen molar-refractivity contribution in [3.63, 3.8) is 0 Å². The zero-order valence-electron chi connectivity index (χ0n) is 16.2. The second kappa shape index (κ2) is 7.65. The molecule has 3 atom stereocenters. The molecule has 0 spiro atoms. The largest absolute Gasteiger partial charge is 0.405 e. The van der Waals surface area contributed by atoms with Gasteiger partial charge in [-0.3, -0.25) is 0 Å². The Hall–Kier alpha value is -1.46. The van der Waals surface area contributed by atoms with Gasteiger partial charge in [0.2, 0.25) is 0 Å². The second-order valence-corrected chi connectivity index (χ2v) is 12.5. The van der Waals surface area contributed by atoms with Gasteiger partial charge >= 0.3 is 0 Å². The van der Waals surface area contributed by atoms with Crippen LogP contribution < -0.4 is 10.4 Å². The molecule has 1 aliphatic heterocycles. The molecule has 2 aromatic carbocycles. The third kappa shape index (κ3) is 3.79. The molecule has 1 aliphatic rings. The van der Waals surface area contributed by atoms with E-state index in [1.807, 2.05) is 0 Å². The van der Waals surface area contributed by atoms with E-state index in [1.165, 1.54) is 10.4 Å². The fourth-order valence-corrected chi connectivity index (χ4v) is 8.63. The molecule has 0 amide bonds. The van der Waals surface area contributed by atoms with Gasteiger partial charge in [-0.15, -0.1) is 0 Å². The molecule has 0 unspecified atom stereocenters. The molecule has 0 saturated carbocycles. The molecular weight excluding hydrogens is 340 g/mol. The Morgan fingerprint density at radius 2 is 1.46 bits per heavy atom. The second-order valence-electron chi connectivity index (χ2n) is 8.22. The highest BCUT2D eigenvalue weighted by Gasteiger charge is 2.51. The Balaban J connectivity index is 2.00. The van der Waals surface area contributed by atoms with E-state index in [1.54, 1.807) is 0 Å². The molecule has 140 valence electrons. The summed E-state index contributed by atoms with van der Waals surface area (Å²) >= 11 is 0. The molecule has 0 aliphatic carbocycles. The minimum absolute atomic E-state index is 0.0137. The summed E-state index contributed by atoms with van der Waals surface area (Å²) in [7, 11) is -2.50. The number of hydrogen-bond donors (Lipinski definition) is 1. The van der Waals surface area contributed by atoms with Gasteiger partial charge in [0.25, 0.3) is 8.32 Å². The lowest BCUT2D eigenvalue weighted by molar-refractivity contribution is 0.181. The van der Waals surface area contributed by atoms with Crippen molar-refractivity contribution >= 4 is 18.7 Å². The summed E-state index contributed by atoms with van der Waals surface area (Å²) in [6.07, 6.45) is 0.978. The number of benzene rings is 2. The molecule has 26 heavy (non-hydrogen) atoms. The van der Waals surface area contributed by atoms with Crippen molar-refractivity contribution in [2.75, 3.05) is 6.61 Å². The lowest BCUT2D eigenvalue weighted by Crippen LogP contribution is -2.67. The standard InChI is InChI=1S/C22H30O3Si/c1-17(15-20-21(16-23)24-20)25-26(22(2,3)4,18-11-7-5-8-12-18)19-13-9-6-10-14-19/h5-14,17,20-21,23H,15-16H2,1-4H3/t17-,20+,21+/m0/s1. The van der Waals surface area contributed by atoms with Crippen molar-refractivity contribution in [1.29, 1.82) is 0 Å². The van der Waals surface area contributed by atoms with Crippen LogP contribution in [0.5, 0.6) is 0 Å². The van der Waals surface area contributed by atoms with Crippen LogP contribution in [0.25, 0.3) is 0 Å². The molecular formula is C22H30O3Si. The predicted octanol–water partition coefficient (Wildman–Crippen LogP) is 3.10. The number of hydrogen-bond acceptors (Lipinski definition) is 3. The Morgan fingerprint density at radius 1 is 0.962 bits per heavy atom. The normalized spacial score (nSPS) is 21.4. The van der Waals surface area contributed by atoms with Gasteiger partial charge in [-0.1, -0.05) is 81.4 Å². The van der Waals surface area contributed by atoms with E-state index in [9.17, 15) is 5.11 Å². The van der Waals surface area contributed by atoms with Crippen molar-refractivity contribution in [1.82, 2.24) is 0 Å². The maximum atomic E-state index is 9.25. The molecule has 2 aromatic rings. The van der Waals surface area contributed by atoms with Crippen LogP contribution in [0.4, 0.5) is 0 Å². The number of epoxide rings is 1. The molecule has 4 heteroatoms. The first-order chi connectivity index (χ1) is 12.4. The van der Waals surface area contributed by atoms with Crippen molar-refractivity contribution in [2.24, 2.45) is 0 Å². The molecule has 0 radical (unpaired) electrons. The summed E-state index contributed by atoms with van der Waals surface area (Å²) in [4.78, 5) is 0. The van der Waals surface area contributed by atoms with E-state index in [0.29, 0.717) is 0 Å². The average Bonchev–Trinajstić information content (AvgIpc) is 3.38. The Morgan fingerprint density at radius 3 is 1.85 bits per heavy atom. The molecule has 1 heterocycles. The van der Waals surface area contributed by atoms with Gasteiger partial charge in [-0.2, -0.15) is 0 Å². The van der Waals surface area contributed by atoms with E-state index in [4.69, 9.17) is 9.16 Å². The van der Waals surface area contributed by atoms with Crippen molar-refractivity contribution in [3.8, 4) is 0 Å². The van der Waals surface area contributed by atoms with Crippen LogP contribution >= 0.6 is 0 Å². The quantitative estimate of drug-likeness (QED) is 0.601. The molecule has 1 N–H and O–H groups in total. The third-order valence-corrected chi connectivity index (χ3v) is 10.4. The van der Waals surface area contributed by atoms with Crippen molar-refractivity contribution < 1.29 is 14.3 Å². The average molecular weight is 371 g/mol. The van der Waals surface area contributed by atoms with E-state index >= 15 is 0 Å². The fraction of sp³-hybridized carbons (Fsp3) is 0.455. The van der Waals surface area contributed by atoms with Crippen LogP contribution in [0.1, 0.15) is 34.1 Å². The van der Waals surface area contributed by atoms with Gasteiger partial charge in [0, 0.05) is 12.5 Å². The Bertz CT molecular complexity index is 657. The Kier molecular flexibility index (Phi) is 5.68. The van der Waals surface area contributed by atoms with Crippen LogP contribution in [-0.2, 0) is 9.16 Å². The molecule has 1 fully saturated rings. The highest BCUT2D eigenvalue weighted by Crippen LogP contribution is 2.38. The van der Waals surface area contributed by atoms with Crippen LogP contribution in [0.15, 0.2) is 60.7 Å². The zero-order valence-corrected chi connectivity index (χ0v) is 17.2. The summed E-state index contributed by atoms with van der Waals surface area (Å²) in [5.74, 6) is 0. The van der Waals surface area contributed by atoms with Crippen molar-refractivity contribution in [2.45, 2.75) is 57.5 Å². The first kappa shape index (κ1) is 19.3. The molecule has 3 nitrogen and oxygen atoms in total. The van der Waals surface area contributed by atoms with E-state index in [2.05, 4.69) is 88.4 Å². The number of aliphatic hydroxyl groups is 1. The Labute approximate surface area is 158 Å². The molecule has 1 saturated heterocycles. The van der Waals surface area contributed by atoms with Gasteiger partial charge < -0.3 is 14.3 Å².